The molecule has 0 aliphatic carbocycles. The summed E-state index contributed by atoms with van der Waals surface area (Å²) in [5.41, 5.74) is 3.93. The van der Waals surface area contributed by atoms with Crippen LogP contribution in [0.2, 0.25) is 0 Å². The fraction of sp³-hybridized carbons (Fsp3) is 0.179. The van der Waals surface area contributed by atoms with Crippen molar-refractivity contribution < 1.29 is 9.53 Å². The number of ether oxygens (including phenoxy) is 1. The van der Waals surface area contributed by atoms with Gasteiger partial charge in [-0.05, 0) is 54.3 Å². The van der Waals surface area contributed by atoms with E-state index in [1.165, 1.54) is 22.5 Å². The lowest BCUT2D eigenvalue weighted by Crippen LogP contribution is -2.32. The fourth-order valence-electron chi connectivity index (χ4n) is 4.00. The van der Waals surface area contributed by atoms with Gasteiger partial charge in [0.1, 0.15) is 5.75 Å². The number of anilines is 1. The van der Waals surface area contributed by atoms with E-state index in [9.17, 15) is 4.79 Å². The van der Waals surface area contributed by atoms with Crippen molar-refractivity contribution in [2.75, 3.05) is 18.6 Å². The molecule has 2 heterocycles. The Bertz CT molecular complexity index is 1400. The molecule has 0 spiro atoms. The number of halogens is 1. The first kappa shape index (κ1) is 25.4. The van der Waals surface area contributed by atoms with Gasteiger partial charge in [-0.15, -0.1) is 12.4 Å². The number of nitrogens with zero attached hydrogens (tertiary/aromatic N) is 4. The molecule has 0 unspecified atom stereocenters. The molecule has 184 valence electrons. The number of rotatable bonds is 9. The largest absolute Gasteiger partial charge is 0.497 e. The molecule has 2 aromatic heterocycles. The Morgan fingerprint density at radius 1 is 1.03 bits per heavy atom. The number of benzene rings is 3. The van der Waals surface area contributed by atoms with Crippen LogP contribution in [0.5, 0.6) is 5.75 Å². The molecule has 0 radical (unpaired) electrons. The van der Waals surface area contributed by atoms with Crippen LogP contribution in [0.15, 0.2) is 91.5 Å². The highest BCUT2D eigenvalue weighted by molar-refractivity contribution is 7.22. The van der Waals surface area contributed by atoms with Crippen molar-refractivity contribution in [3.05, 3.63) is 108 Å². The van der Waals surface area contributed by atoms with Crippen molar-refractivity contribution in [1.29, 1.82) is 0 Å². The zero-order chi connectivity index (χ0) is 24.0. The Morgan fingerprint density at radius 2 is 1.81 bits per heavy atom. The second-order valence-electron chi connectivity index (χ2n) is 8.30. The predicted molar refractivity (Wildman–Crippen MR) is 148 cm³/mol. The van der Waals surface area contributed by atoms with Crippen molar-refractivity contribution in [3.63, 3.8) is 0 Å². The highest BCUT2D eigenvalue weighted by Gasteiger charge is 2.21. The van der Waals surface area contributed by atoms with Crippen LogP contribution in [-0.2, 0) is 13.0 Å². The summed E-state index contributed by atoms with van der Waals surface area (Å²) in [4.78, 5) is 24.3. The van der Waals surface area contributed by atoms with Crippen molar-refractivity contribution in [2.45, 2.75) is 19.4 Å². The van der Waals surface area contributed by atoms with E-state index in [2.05, 4.69) is 17.1 Å². The quantitative estimate of drug-likeness (QED) is 0.231. The minimum Gasteiger partial charge on any atom is -0.497 e. The van der Waals surface area contributed by atoms with Crippen LogP contribution >= 0.6 is 23.7 Å². The van der Waals surface area contributed by atoms with Gasteiger partial charge in [0.2, 0.25) is 0 Å². The molecule has 0 bridgehead atoms. The van der Waals surface area contributed by atoms with Crippen LogP contribution in [0.3, 0.4) is 0 Å². The lowest BCUT2D eigenvalue weighted by Gasteiger charge is -2.20. The first-order valence-corrected chi connectivity index (χ1v) is 12.4. The van der Waals surface area contributed by atoms with Crippen molar-refractivity contribution in [1.82, 2.24) is 14.5 Å². The highest BCUT2D eigenvalue weighted by atomic mass is 35.5. The molecule has 0 aliphatic heterocycles. The van der Waals surface area contributed by atoms with Crippen LogP contribution < -0.4 is 9.64 Å². The molecule has 5 rings (SSSR count). The summed E-state index contributed by atoms with van der Waals surface area (Å²) in [5, 5.41) is 0.692. The van der Waals surface area contributed by atoms with Gasteiger partial charge in [0, 0.05) is 31.0 Å². The van der Waals surface area contributed by atoms with Gasteiger partial charge in [0.25, 0.3) is 5.91 Å². The summed E-state index contributed by atoms with van der Waals surface area (Å²) < 4.78 is 8.37. The molecule has 36 heavy (non-hydrogen) atoms. The van der Waals surface area contributed by atoms with Crippen LogP contribution in [0, 0.1) is 0 Å². The monoisotopic (exact) mass is 518 g/mol. The average Bonchev–Trinajstić information content (AvgIpc) is 3.57. The molecule has 8 heteroatoms. The lowest BCUT2D eigenvalue weighted by atomic mass is 10.0. The zero-order valence-electron chi connectivity index (χ0n) is 19.9. The number of thiazole rings is 1. The van der Waals surface area contributed by atoms with E-state index >= 15 is 0 Å². The second-order valence-corrected chi connectivity index (χ2v) is 9.31. The Morgan fingerprint density at radius 3 is 2.53 bits per heavy atom. The number of amides is 1. The van der Waals surface area contributed by atoms with E-state index in [1.54, 1.807) is 24.5 Å². The summed E-state index contributed by atoms with van der Waals surface area (Å²) in [6.45, 7) is 1.33. The van der Waals surface area contributed by atoms with E-state index in [0.29, 0.717) is 17.2 Å². The summed E-state index contributed by atoms with van der Waals surface area (Å²) >= 11 is 1.51. The number of hydrogen-bond donors (Lipinski definition) is 0. The number of carbonyl (C=O) groups is 1. The topological polar surface area (TPSA) is 60.2 Å². The minimum absolute atomic E-state index is 0. The second kappa shape index (κ2) is 11.8. The first-order chi connectivity index (χ1) is 17.2. The lowest BCUT2D eigenvalue weighted by molar-refractivity contribution is 0.0986. The van der Waals surface area contributed by atoms with Gasteiger partial charge in [0.05, 0.1) is 23.7 Å². The standard InChI is InChI=1S/C28H26N4O2S.ClH/c1-34-24-12-13-25-26(19-24)35-28(30-25)32(16-5-15-31-17-14-29-20-31)27(33)23-10-8-22(9-11-23)18-21-6-3-2-4-7-21;/h2-4,6-14,17,19-20H,5,15-16,18H2,1H3;1H. The normalized spacial score (nSPS) is 10.7. The number of imidazole rings is 1. The van der Waals surface area contributed by atoms with E-state index in [0.717, 1.165) is 35.4 Å². The maximum Gasteiger partial charge on any atom is 0.260 e. The molecule has 5 aromatic rings. The van der Waals surface area contributed by atoms with Gasteiger partial charge in [0.15, 0.2) is 5.13 Å². The smallest absolute Gasteiger partial charge is 0.260 e. The Kier molecular flexibility index (Phi) is 8.36. The summed E-state index contributed by atoms with van der Waals surface area (Å²) in [6.07, 6.45) is 7.11. The summed E-state index contributed by atoms with van der Waals surface area (Å²) in [6, 6.07) is 24.0. The fourth-order valence-corrected chi connectivity index (χ4v) is 5.02. The van der Waals surface area contributed by atoms with Crippen molar-refractivity contribution in [2.24, 2.45) is 0 Å². The van der Waals surface area contributed by atoms with Crippen LogP contribution in [0.25, 0.3) is 10.2 Å². The molecule has 6 nitrogen and oxygen atoms in total. The average molecular weight is 519 g/mol. The van der Waals surface area contributed by atoms with Gasteiger partial charge >= 0.3 is 0 Å². The summed E-state index contributed by atoms with van der Waals surface area (Å²) in [7, 11) is 1.65. The molecule has 0 aliphatic rings. The van der Waals surface area contributed by atoms with Crippen LogP contribution in [-0.4, -0.2) is 34.1 Å². The molecule has 1 amide bonds. The van der Waals surface area contributed by atoms with Gasteiger partial charge in [-0.1, -0.05) is 53.8 Å². The Labute approximate surface area is 220 Å². The number of methoxy groups -OCH3 is 1. The SMILES string of the molecule is COc1ccc2nc(N(CCCn3ccnc3)C(=O)c3ccc(Cc4ccccc4)cc3)sc2c1.Cl. The molecule has 0 saturated heterocycles. The van der Waals surface area contributed by atoms with E-state index < -0.39 is 0 Å². The number of aryl methyl sites for hydroxylation is 1. The molecule has 3 aromatic carbocycles. The molecule has 0 atom stereocenters. The summed E-state index contributed by atoms with van der Waals surface area (Å²) in [5.74, 6) is 0.729. The maximum absolute atomic E-state index is 13.7. The van der Waals surface area contributed by atoms with Crippen LogP contribution in [0.4, 0.5) is 5.13 Å². The van der Waals surface area contributed by atoms with Crippen molar-refractivity contribution in [3.8, 4) is 5.75 Å². The molecule has 0 N–H and O–H groups in total. The van der Waals surface area contributed by atoms with Crippen molar-refractivity contribution >= 4 is 45.0 Å². The molecule has 0 saturated carbocycles. The third-order valence-electron chi connectivity index (χ3n) is 5.87. The third kappa shape index (κ3) is 5.93. The van der Waals surface area contributed by atoms with Gasteiger partial charge in [-0.25, -0.2) is 9.97 Å². The number of carbonyl (C=O) groups excluding carboxylic acids is 1. The zero-order valence-corrected chi connectivity index (χ0v) is 21.5. The Hall–Kier alpha value is -3.68. The van der Waals surface area contributed by atoms with E-state index in [-0.39, 0.29) is 18.3 Å². The molecule has 0 fully saturated rings. The van der Waals surface area contributed by atoms with Crippen LogP contribution in [0.1, 0.15) is 27.9 Å². The van der Waals surface area contributed by atoms with Gasteiger partial charge in [-0.2, -0.15) is 0 Å². The first-order valence-electron chi connectivity index (χ1n) is 11.5. The Balaban J connectivity index is 0.00000304. The van der Waals surface area contributed by atoms with Gasteiger partial charge < -0.3 is 9.30 Å². The number of aromatic nitrogens is 3. The number of fused-ring (bicyclic) bond motifs is 1. The van der Waals surface area contributed by atoms with Gasteiger partial charge in [-0.3, -0.25) is 9.69 Å². The minimum atomic E-state index is -0.0482. The number of hydrogen-bond acceptors (Lipinski definition) is 5. The molecular formula is C28H27ClN4O2S. The molecular weight excluding hydrogens is 492 g/mol. The van der Waals surface area contributed by atoms with E-state index in [1.807, 2.05) is 71.4 Å². The highest BCUT2D eigenvalue weighted by Crippen LogP contribution is 2.32. The predicted octanol–water partition coefficient (Wildman–Crippen LogP) is 6.25. The van der Waals surface area contributed by atoms with E-state index in [4.69, 9.17) is 9.72 Å². The maximum atomic E-state index is 13.7. The third-order valence-corrected chi connectivity index (χ3v) is 6.91.